The van der Waals surface area contributed by atoms with Gasteiger partial charge in [0.25, 0.3) is 0 Å². The van der Waals surface area contributed by atoms with Crippen molar-refractivity contribution in [2.24, 2.45) is 0 Å². The third-order valence-electron chi connectivity index (χ3n) is 1.89. The number of aliphatic hydroxyl groups is 1. The second-order valence-electron chi connectivity index (χ2n) is 3.05. The molecular weight excluding hydrogens is 184 g/mol. The molecule has 0 aliphatic rings. The Morgan fingerprint density at radius 2 is 2.00 bits per heavy atom. The molecule has 0 fully saturated rings. The van der Waals surface area contributed by atoms with Gasteiger partial charge in [-0.3, -0.25) is 4.79 Å². The smallest absolute Gasteiger partial charge is 0.334 e. The molecule has 0 spiro atoms. The maximum atomic E-state index is 10.9. The molecule has 0 aliphatic heterocycles. The van der Waals surface area contributed by atoms with Gasteiger partial charge in [-0.25, -0.2) is 4.79 Å². The van der Waals surface area contributed by atoms with Crippen molar-refractivity contribution in [3.8, 4) is 0 Å². The molecular formula is C10H18O4. The Hall–Kier alpha value is -0.900. The summed E-state index contributed by atoms with van der Waals surface area (Å²) in [6, 6.07) is 0. The minimum Gasteiger partial charge on any atom is -0.464 e. The molecule has 82 valence electrons. The van der Waals surface area contributed by atoms with E-state index in [1.807, 2.05) is 0 Å². The van der Waals surface area contributed by atoms with Gasteiger partial charge in [0.2, 0.25) is 0 Å². The van der Waals surface area contributed by atoms with Crippen LogP contribution in [0.1, 0.15) is 39.5 Å². The summed E-state index contributed by atoms with van der Waals surface area (Å²) < 4.78 is 4.61. The lowest BCUT2D eigenvalue weighted by Crippen LogP contribution is -2.23. The van der Waals surface area contributed by atoms with Crippen LogP contribution in [0.3, 0.4) is 0 Å². The van der Waals surface area contributed by atoms with Crippen molar-refractivity contribution in [3.63, 3.8) is 0 Å². The molecule has 1 atom stereocenters. The van der Waals surface area contributed by atoms with Gasteiger partial charge in [-0.2, -0.15) is 0 Å². The van der Waals surface area contributed by atoms with E-state index in [9.17, 15) is 14.7 Å². The highest BCUT2D eigenvalue weighted by molar-refractivity contribution is 5.78. The highest BCUT2D eigenvalue weighted by atomic mass is 16.5. The van der Waals surface area contributed by atoms with Crippen LogP contribution in [0.25, 0.3) is 0 Å². The molecule has 0 aliphatic carbocycles. The van der Waals surface area contributed by atoms with Crippen LogP contribution < -0.4 is 0 Å². The number of rotatable bonds is 7. The maximum absolute atomic E-state index is 10.9. The van der Waals surface area contributed by atoms with Crippen LogP contribution in [-0.2, 0) is 14.3 Å². The van der Waals surface area contributed by atoms with E-state index in [-0.39, 0.29) is 12.4 Å². The second kappa shape index (κ2) is 7.50. The number of hydrogen-bond acceptors (Lipinski definition) is 4. The van der Waals surface area contributed by atoms with Crippen LogP contribution in [0, 0.1) is 0 Å². The Labute approximate surface area is 84.3 Å². The fourth-order valence-electron chi connectivity index (χ4n) is 1.03. The highest BCUT2D eigenvalue weighted by Gasteiger charge is 2.15. The summed E-state index contributed by atoms with van der Waals surface area (Å²) in [6.07, 6.45) is 0.680. The number of ketones is 1. The lowest BCUT2D eigenvalue weighted by atomic mass is 10.1. The summed E-state index contributed by atoms with van der Waals surface area (Å²) in [5, 5.41) is 9.25. The van der Waals surface area contributed by atoms with E-state index in [4.69, 9.17) is 0 Å². The van der Waals surface area contributed by atoms with Gasteiger partial charge in [0, 0.05) is 12.8 Å². The van der Waals surface area contributed by atoms with E-state index in [1.54, 1.807) is 13.8 Å². The molecule has 0 radical (unpaired) electrons. The summed E-state index contributed by atoms with van der Waals surface area (Å²) in [5.74, 6) is -0.447. The number of Topliss-reactive ketones (excluding diaryl/α,β-unsaturated/α-hetero) is 1. The van der Waals surface area contributed by atoms with E-state index < -0.39 is 12.1 Å². The zero-order valence-corrected chi connectivity index (χ0v) is 8.78. The molecule has 14 heavy (non-hydrogen) atoms. The minimum atomic E-state index is -1.08. The molecule has 4 nitrogen and oxygen atoms in total. The van der Waals surface area contributed by atoms with Crippen LogP contribution in [-0.4, -0.2) is 29.6 Å². The molecule has 0 aromatic carbocycles. The maximum Gasteiger partial charge on any atom is 0.334 e. The summed E-state index contributed by atoms with van der Waals surface area (Å²) in [7, 11) is 0. The van der Waals surface area contributed by atoms with Gasteiger partial charge in [-0.05, 0) is 19.8 Å². The minimum absolute atomic E-state index is 0.154. The average molecular weight is 202 g/mol. The Kier molecular flexibility index (Phi) is 7.02. The third-order valence-corrected chi connectivity index (χ3v) is 1.89. The van der Waals surface area contributed by atoms with E-state index in [1.165, 1.54) is 0 Å². The number of carbonyl (C=O) groups is 2. The molecule has 0 saturated heterocycles. The van der Waals surface area contributed by atoms with Crippen molar-refractivity contribution < 1.29 is 19.4 Å². The third kappa shape index (κ3) is 5.70. The largest absolute Gasteiger partial charge is 0.464 e. The van der Waals surface area contributed by atoms with E-state index in [0.717, 1.165) is 0 Å². The molecule has 0 aromatic rings. The van der Waals surface area contributed by atoms with Gasteiger partial charge in [-0.15, -0.1) is 0 Å². The molecule has 0 bridgehead atoms. The normalized spacial score (nSPS) is 12.2. The predicted octanol–water partition coefficient (Wildman–Crippen LogP) is 1.06. The molecule has 0 amide bonds. The van der Waals surface area contributed by atoms with E-state index in [0.29, 0.717) is 25.7 Å². The zero-order valence-electron chi connectivity index (χ0n) is 8.78. The summed E-state index contributed by atoms with van der Waals surface area (Å²) >= 11 is 0. The fourth-order valence-corrected chi connectivity index (χ4v) is 1.03. The highest BCUT2D eigenvalue weighted by Crippen LogP contribution is 2.04. The number of esters is 1. The molecule has 0 rings (SSSR count). The van der Waals surface area contributed by atoms with Crippen molar-refractivity contribution in [1.29, 1.82) is 0 Å². The fraction of sp³-hybridized carbons (Fsp3) is 0.800. The Balaban J connectivity index is 3.58. The van der Waals surface area contributed by atoms with Gasteiger partial charge < -0.3 is 9.84 Å². The van der Waals surface area contributed by atoms with Gasteiger partial charge in [-0.1, -0.05) is 6.92 Å². The summed E-state index contributed by atoms with van der Waals surface area (Å²) in [4.78, 5) is 21.8. The monoisotopic (exact) mass is 202 g/mol. The van der Waals surface area contributed by atoms with Crippen LogP contribution >= 0.6 is 0 Å². The lowest BCUT2D eigenvalue weighted by molar-refractivity contribution is -0.153. The first-order valence-electron chi connectivity index (χ1n) is 4.98. The first-order valence-corrected chi connectivity index (χ1v) is 4.98. The molecule has 1 N–H and O–H groups in total. The standard InChI is InChI=1S/C10H18O4/c1-3-8(11)6-5-7-9(12)10(13)14-4-2/h9,12H,3-7H2,1-2H3. The average Bonchev–Trinajstić information content (AvgIpc) is 2.17. The first-order chi connectivity index (χ1) is 6.61. The Morgan fingerprint density at radius 3 is 2.50 bits per heavy atom. The Bertz CT molecular complexity index is 189. The van der Waals surface area contributed by atoms with Crippen LogP contribution in [0.15, 0.2) is 0 Å². The molecule has 4 heteroatoms. The molecule has 0 heterocycles. The number of carbonyl (C=O) groups excluding carboxylic acids is 2. The van der Waals surface area contributed by atoms with Crippen LogP contribution in [0.2, 0.25) is 0 Å². The lowest BCUT2D eigenvalue weighted by Gasteiger charge is -2.08. The molecule has 0 saturated carbocycles. The zero-order chi connectivity index (χ0) is 11.0. The SMILES string of the molecule is CCOC(=O)C(O)CCCC(=O)CC. The predicted molar refractivity (Wildman–Crippen MR) is 51.8 cm³/mol. The molecule has 1 unspecified atom stereocenters. The van der Waals surface area contributed by atoms with Crippen molar-refractivity contribution in [3.05, 3.63) is 0 Å². The van der Waals surface area contributed by atoms with Crippen LogP contribution in [0.4, 0.5) is 0 Å². The number of ether oxygens (including phenoxy) is 1. The second-order valence-corrected chi connectivity index (χ2v) is 3.05. The van der Waals surface area contributed by atoms with Crippen molar-refractivity contribution in [2.45, 2.75) is 45.6 Å². The molecule has 0 aromatic heterocycles. The van der Waals surface area contributed by atoms with E-state index in [2.05, 4.69) is 4.74 Å². The van der Waals surface area contributed by atoms with Gasteiger partial charge in [0.15, 0.2) is 6.10 Å². The summed E-state index contributed by atoms with van der Waals surface area (Å²) in [6.45, 7) is 3.75. The number of hydrogen-bond donors (Lipinski definition) is 1. The van der Waals surface area contributed by atoms with Crippen LogP contribution in [0.5, 0.6) is 0 Å². The summed E-state index contributed by atoms with van der Waals surface area (Å²) in [5.41, 5.74) is 0. The van der Waals surface area contributed by atoms with Gasteiger partial charge in [0.1, 0.15) is 5.78 Å². The quantitative estimate of drug-likeness (QED) is 0.627. The van der Waals surface area contributed by atoms with Gasteiger partial charge >= 0.3 is 5.97 Å². The van der Waals surface area contributed by atoms with Crippen molar-refractivity contribution >= 4 is 11.8 Å². The topological polar surface area (TPSA) is 63.6 Å². The number of aliphatic hydroxyl groups excluding tert-OH is 1. The van der Waals surface area contributed by atoms with Gasteiger partial charge in [0.05, 0.1) is 6.61 Å². The van der Waals surface area contributed by atoms with E-state index >= 15 is 0 Å². The van der Waals surface area contributed by atoms with Crippen molar-refractivity contribution in [2.75, 3.05) is 6.61 Å². The van der Waals surface area contributed by atoms with Crippen molar-refractivity contribution in [1.82, 2.24) is 0 Å². The first kappa shape index (κ1) is 13.1. The Morgan fingerprint density at radius 1 is 1.36 bits per heavy atom.